The molecule has 0 aliphatic heterocycles. The summed E-state index contributed by atoms with van der Waals surface area (Å²) in [6.07, 6.45) is -4.38. The molecule has 0 bridgehead atoms. The Morgan fingerprint density at radius 1 is 1.12 bits per heavy atom. The number of hydrogen-bond donors (Lipinski definition) is 1. The van der Waals surface area contributed by atoms with Crippen molar-refractivity contribution in [3.05, 3.63) is 0 Å². The highest BCUT2D eigenvalue weighted by atomic mass is 32.2. The van der Waals surface area contributed by atoms with Gasteiger partial charge in [-0.25, -0.2) is 8.42 Å². The van der Waals surface area contributed by atoms with E-state index in [4.69, 9.17) is 0 Å². The lowest BCUT2D eigenvalue weighted by Gasteiger charge is -2.06. The lowest BCUT2D eigenvalue weighted by atomic mass is 10.2. The van der Waals surface area contributed by atoms with Crippen molar-refractivity contribution in [1.82, 2.24) is 5.32 Å². The molecule has 0 heterocycles. The van der Waals surface area contributed by atoms with Crippen LogP contribution < -0.4 is 5.32 Å². The van der Waals surface area contributed by atoms with Crippen LogP contribution >= 0.6 is 0 Å². The fourth-order valence-corrected chi connectivity index (χ4v) is 1.82. The van der Waals surface area contributed by atoms with Gasteiger partial charge in [0, 0.05) is 18.7 Å². The van der Waals surface area contributed by atoms with E-state index >= 15 is 0 Å². The largest absolute Gasteiger partial charge is 0.389 e. The zero-order valence-corrected chi connectivity index (χ0v) is 10.1. The number of hydrogen-bond acceptors (Lipinski definition) is 3. The molecule has 0 aromatic carbocycles. The van der Waals surface area contributed by atoms with Crippen LogP contribution in [0.25, 0.3) is 0 Å². The van der Waals surface area contributed by atoms with E-state index in [1.807, 2.05) is 0 Å². The van der Waals surface area contributed by atoms with Crippen LogP contribution in [0.4, 0.5) is 13.2 Å². The standard InChI is InChI=1S/C9H18F3NO2S/c1-2-16(14,15)8-7-13-6-4-3-5-9(10,11)12/h13H,2-8H2,1H3. The van der Waals surface area contributed by atoms with Crippen molar-refractivity contribution in [1.29, 1.82) is 0 Å². The summed E-state index contributed by atoms with van der Waals surface area (Å²) in [5, 5.41) is 2.82. The van der Waals surface area contributed by atoms with Gasteiger partial charge in [0.25, 0.3) is 0 Å². The molecule has 0 fully saturated rings. The van der Waals surface area contributed by atoms with Gasteiger partial charge in [-0.3, -0.25) is 0 Å². The number of halogens is 3. The lowest BCUT2D eigenvalue weighted by molar-refractivity contribution is -0.135. The Labute approximate surface area is 94.3 Å². The number of nitrogens with one attached hydrogen (secondary N) is 1. The summed E-state index contributed by atoms with van der Waals surface area (Å²) in [5.74, 6) is 0.144. The fourth-order valence-electron chi connectivity index (χ4n) is 1.07. The normalized spacial score (nSPS) is 13.0. The maximum Gasteiger partial charge on any atom is 0.389 e. The van der Waals surface area contributed by atoms with Crippen molar-refractivity contribution in [2.24, 2.45) is 0 Å². The molecule has 0 unspecified atom stereocenters. The van der Waals surface area contributed by atoms with Gasteiger partial charge < -0.3 is 5.32 Å². The summed E-state index contributed by atoms with van der Waals surface area (Å²) in [6, 6.07) is 0. The average Bonchev–Trinajstić information content (AvgIpc) is 2.14. The van der Waals surface area contributed by atoms with Crippen LogP contribution in [0.3, 0.4) is 0 Å². The molecule has 3 nitrogen and oxygen atoms in total. The average molecular weight is 261 g/mol. The Morgan fingerprint density at radius 2 is 1.75 bits per heavy atom. The fraction of sp³-hybridized carbons (Fsp3) is 1.00. The van der Waals surface area contributed by atoms with Gasteiger partial charge >= 0.3 is 6.18 Å². The van der Waals surface area contributed by atoms with E-state index in [1.165, 1.54) is 0 Å². The molecule has 0 aromatic rings. The minimum absolute atomic E-state index is 0.0444. The third-order valence-corrected chi connectivity index (χ3v) is 3.80. The first kappa shape index (κ1) is 15.7. The van der Waals surface area contributed by atoms with Crippen molar-refractivity contribution < 1.29 is 21.6 Å². The van der Waals surface area contributed by atoms with E-state index in [-0.39, 0.29) is 17.9 Å². The molecule has 0 aliphatic carbocycles. The Bertz CT molecular complexity index is 275. The van der Waals surface area contributed by atoms with Gasteiger partial charge in [-0.05, 0) is 19.4 Å². The Balaban J connectivity index is 3.36. The molecule has 0 aromatic heterocycles. The van der Waals surface area contributed by atoms with Crippen molar-refractivity contribution in [3.8, 4) is 0 Å². The highest BCUT2D eigenvalue weighted by molar-refractivity contribution is 7.91. The highest BCUT2D eigenvalue weighted by Crippen LogP contribution is 2.21. The van der Waals surface area contributed by atoms with E-state index in [2.05, 4.69) is 5.32 Å². The molecule has 0 radical (unpaired) electrons. The summed E-state index contributed by atoms with van der Waals surface area (Å²) >= 11 is 0. The predicted octanol–water partition coefficient (Wildman–Crippen LogP) is 1.74. The maximum atomic E-state index is 11.7. The summed E-state index contributed by atoms with van der Waals surface area (Å²) < 4.78 is 57.3. The van der Waals surface area contributed by atoms with E-state index in [1.54, 1.807) is 6.92 Å². The number of sulfone groups is 1. The highest BCUT2D eigenvalue weighted by Gasteiger charge is 2.25. The van der Waals surface area contributed by atoms with Crippen molar-refractivity contribution in [2.45, 2.75) is 32.4 Å². The second kappa shape index (κ2) is 7.11. The molecule has 0 spiro atoms. The first-order valence-electron chi connectivity index (χ1n) is 5.25. The second-order valence-corrected chi connectivity index (χ2v) is 6.03. The summed E-state index contributed by atoms with van der Waals surface area (Å²) in [7, 11) is -2.98. The van der Waals surface area contributed by atoms with E-state index < -0.39 is 22.4 Å². The Kier molecular flexibility index (Phi) is 6.98. The Hall–Kier alpha value is -0.300. The molecule has 0 amide bonds. The van der Waals surface area contributed by atoms with Crippen molar-refractivity contribution in [3.63, 3.8) is 0 Å². The van der Waals surface area contributed by atoms with Gasteiger partial charge in [0.05, 0.1) is 5.75 Å². The minimum atomic E-state index is -4.09. The van der Waals surface area contributed by atoms with Crippen LogP contribution in [0.1, 0.15) is 26.2 Å². The molecule has 0 aliphatic rings. The van der Waals surface area contributed by atoms with E-state index in [0.29, 0.717) is 19.5 Å². The molecular formula is C9H18F3NO2S. The maximum absolute atomic E-state index is 11.7. The molecule has 98 valence electrons. The topological polar surface area (TPSA) is 46.2 Å². The number of alkyl halides is 3. The summed E-state index contributed by atoms with van der Waals surface area (Å²) in [6.45, 7) is 2.30. The molecule has 16 heavy (non-hydrogen) atoms. The third kappa shape index (κ3) is 10.2. The molecular weight excluding hydrogens is 243 g/mol. The van der Waals surface area contributed by atoms with Gasteiger partial charge in [0.1, 0.15) is 0 Å². The Morgan fingerprint density at radius 3 is 2.25 bits per heavy atom. The molecule has 1 N–H and O–H groups in total. The van der Waals surface area contributed by atoms with Gasteiger partial charge in [-0.1, -0.05) is 6.92 Å². The van der Waals surface area contributed by atoms with Crippen LogP contribution in [0.15, 0.2) is 0 Å². The van der Waals surface area contributed by atoms with Gasteiger partial charge in [0.2, 0.25) is 0 Å². The van der Waals surface area contributed by atoms with Crippen LogP contribution in [0.5, 0.6) is 0 Å². The first-order chi connectivity index (χ1) is 7.27. The number of unbranched alkanes of at least 4 members (excludes halogenated alkanes) is 1. The monoisotopic (exact) mass is 261 g/mol. The molecule has 0 saturated carbocycles. The quantitative estimate of drug-likeness (QED) is 0.677. The molecule has 0 atom stereocenters. The second-order valence-electron chi connectivity index (χ2n) is 3.56. The van der Waals surface area contributed by atoms with Crippen molar-refractivity contribution >= 4 is 9.84 Å². The predicted molar refractivity (Wildman–Crippen MR) is 57.1 cm³/mol. The van der Waals surface area contributed by atoms with E-state index in [0.717, 1.165) is 0 Å². The molecule has 0 rings (SSSR count). The lowest BCUT2D eigenvalue weighted by Crippen LogP contribution is -2.24. The molecule has 0 saturated heterocycles. The van der Waals surface area contributed by atoms with Gasteiger partial charge in [-0.2, -0.15) is 13.2 Å². The first-order valence-corrected chi connectivity index (χ1v) is 7.07. The van der Waals surface area contributed by atoms with Crippen molar-refractivity contribution in [2.75, 3.05) is 24.6 Å². The zero-order chi connectivity index (χ0) is 12.7. The summed E-state index contributed by atoms with van der Waals surface area (Å²) in [4.78, 5) is 0. The van der Waals surface area contributed by atoms with Gasteiger partial charge in [0.15, 0.2) is 9.84 Å². The summed E-state index contributed by atoms with van der Waals surface area (Å²) in [5.41, 5.74) is 0. The van der Waals surface area contributed by atoms with Crippen LogP contribution in [0, 0.1) is 0 Å². The van der Waals surface area contributed by atoms with E-state index in [9.17, 15) is 21.6 Å². The third-order valence-electron chi connectivity index (χ3n) is 2.09. The minimum Gasteiger partial charge on any atom is -0.316 e. The SMILES string of the molecule is CCS(=O)(=O)CCNCCCCC(F)(F)F. The smallest absolute Gasteiger partial charge is 0.316 e. The van der Waals surface area contributed by atoms with Crippen LogP contribution in [-0.2, 0) is 9.84 Å². The number of rotatable bonds is 8. The zero-order valence-electron chi connectivity index (χ0n) is 9.31. The van der Waals surface area contributed by atoms with Gasteiger partial charge in [-0.15, -0.1) is 0 Å². The van der Waals surface area contributed by atoms with Crippen LogP contribution in [0.2, 0.25) is 0 Å². The van der Waals surface area contributed by atoms with Crippen LogP contribution in [-0.4, -0.2) is 39.2 Å². The molecule has 7 heteroatoms.